The molecule has 1 aliphatic rings. The molecule has 0 radical (unpaired) electrons. The first-order chi connectivity index (χ1) is 13.7. The van der Waals surface area contributed by atoms with Gasteiger partial charge in [-0.15, -0.1) is 0 Å². The lowest BCUT2D eigenvalue weighted by Crippen LogP contribution is -2.43. The highest BCUT2D eigenvalue weighted by Gasteiger charge is 2.34. The first-order valence-corrected chi connectivity index (χ1v) is 9.43. The summed E-state index contributed by atoms with van der Waals surface area (Å²) in [5.41, 5.74) is 10.9. The van der Waals surface area contributed by atoms with Crippen LogP contribution in [0.1, 0.15) is 24.8 Å². The minimum Gasteiger partial charge on any atom is -0.467 e. The Balaban J connectivity index is 1.70. The fourth-order valence-electron chi connectivity index (χ4n) is 3.77. The van der Waals surface area contributed by atoms with E-state index in [9.17, 15) is 0 Å². The van der Waals surface area contributed by atoms with Crippen LogP contribution >= 0.6 is 0 Å². The second kappa shape index (κ2) is 6.42. The van der Waals surface area contributed by atoms with Crippen molar-refractivity contribution in [3.8, 4) is 23.1 Å². The molecule has 0 spiro atoms. The molecule has 140 valence electrons. The van der Waals surface area contributed by atoms with Gasteiger partial charge in [-0.1, -0.05) is 42.5 Å². The number of fused-ring (bicyclic) bond motifs is 1. The van der Waals surface area contributed by atoms with E-state index in [4.69, 9.17) is 15.5 Å². The van der Waals surface area contributed by atoms with Gasteiger partial charge in [-0.25, -0.2) is 9.97 Å². The minimum atomic E-state index is -0.177. The van der Waals surface area contributed by atoms with Crippen molar-refractivity contribution >= 4 is 11.2 Å². The third-order valence-electron chi connectivity index (χ3n) is 5.54. The summed E-state index contributed by atoms with van der Waals surface area (Å²) in [5, 5.41) is 0. The number of aromatic nitrogens is 4. The van der Waals surface area contributed by atoms with Crippen molar-refractivity contribution in [2.24, 2.45) is 5.73 Å². The van der Waals surface area contributed by atoms with Crippen LogP contribution in [0, 0.1) is 0 Å². The van der Waals surface area contributed by atoms with E-state index in [2.05, 4.69) is 34.2 Å². The van der Waals surface area contributed by atoms with E-state index < -0.39 is 0 Å². The Bertz CT molecular complexity index is 1130. The first kappa shape index (κ1) is 16.9. The lowest BCUT2D eigenvalue weighted by molar-refractivity contribution is 0.253. The summed E-state index contributed by atoms with van der Waals surface area (Å²) < 4.78 is 7.28. The molecule has 2 aromatic carbocycles. The molecule has 2 aromatic heterocycles. The fraction of sp³-hybridized carbons (Fsp3) is 0.227. The number of hydrogen-bond donors (Lipinski definition) is 1. The molecule has 0 saturated heterocycles. The van der Waals surface area contributed by atoms with Crippen LogP contribution in [0.15, 0.2) is 60.8 Å². The highest BCUT2D eigenvalue weighted by atomic mass is 16.5. The molecule has 0 bridgehead atoms. The van der Waals surface area contributed by atoms with Crippen molar-refractivity contribution in [2.45, 2.75) is 24.8 Å². The molecular formula is C22H21N5O. The standard InChI is InChI=1S/C22H21N5O/c1-28-21-24-14-18-20(26-21)27(19(25-18)15-6-3-2-4-7-15)17-10-8-16(9-11-17)22(23)12-5-13-22/h2-4,6-11,14H,5,12-13,23H2,1H3. The second-order valence-corrected chi connectivity index (χ2v) is 7.26. The monoisotopic (exact) mass is 371 g/mol. The average molecular weight is 371 g/mol. The van der Waals surface area contributed by atoms with Crippen molar-refractivity contribution in [1.82, 2.24) is 19.5 Å². The van der Waals surface area contributed by atoms with Gasteiger partial charge in [-0.05, 0) is 37.0 Å². The fourth-order valence-corrected chi connectivity index (χ4v) is 3.77. The van der Waals surface area contributed by atoms with E-state index in [1.54, 1.807) is 13.3 Å². The summed E-state index contributed by atoms with van der Waals surface area (Å²) in [6.07, 6.45) is 4.97. The number of imidazole rings is 1. The molecule has 0 unspecified atom stereocenters. The smallest absolute Gasteiger partial charge is 0.318 e. The predicted molar refractivity (Wildman–Crippen MR) is 108 cm³/mol. The van der Waals surface area contributed by atoms with E-state index >= 15 is 0 Å². The molecule has 6 nitrogen and oxygen atoms in total. The SMILES string of the molecule is COc1ncc2nc(-c3ccccc3)n(-c3ccc(C4(N)CCC4)cc3)c2n1. The van der Waals surface area contributed by atoms with Gasteiger partial charge >= 0.3 is 6.01 Å². The van der Waals surface area contributed by atoms with Gasteiger partial charge in [-0.3, -0.25) is 4.57 Å². The summed E-state index contributed by atoms with van der Waals surface area (Å²) in [7, 11) is 1.56. The third-order valence-corrected chi connectivity index (χ3v) is 5.54. The van der Waals surface area contributed by atoms with Crippen molar-refractivity contribution in [2.75, 3.05) is 7.11 Å². The molecule has 6 heteroatoms. The lowest BCUT2D eigenvalue weighted by Gasteiger charge is -2.38. The van der Waals surface area contributed by atoms with Gasteiger partial charge in [0.2, 0.25) is 0 Å². The van der Waals surface area contributed by atoms with E-state index in [-0.39, 0.29) is 5.54 Å². The molecule has 4 aromatic rings. The van der Waals surface area contributed by atoms with Gasteiger partial charge in [0, 0.05) is 16.8 Å². The van der Waals surface area contributed by atoms with E-state index in [1.165, 1.54) is 12.0 Å². The second-order valence-electron chi connectivity index (χ2n) is 7.26. The van der Waals surface area contributed by atoms with Gasteiger partial charge in [0.25, 0.3) is 0 Å². The molecule has 1 saturated carbocycles. The zero-order valence-electron chi connectivity index (χ0n) is 15.7. The number of nitrogens with two attached hydrogens (primary N) is 1. The number of hydrogen-bond acceptors (Lipinski definition) is 5. The number of rotatable bonds is 4. The number of nitrogens with zero attached hydrogens (tertiary/aromatic N) is 4. The van der Waals surface area contributed by atoms with E-state index in [0.717, 1.165) is 35.4 Å². The van der Waals surface area contributed by atoms with Gasteiger partial charge in [0.15, 0.2) is 5.65 Å². The van der Waals surface area contributed by atoms with Crippen LogP contribution in [0.4, 0.5) is 0 Å². The zero-order valence-corrected chi connectivity index (χ0v) is 15.7. The molecule has 0 amide bonds. The largest absolute Gasteiger partial charge is 0.467 e. The average Bonchev–Trinajstić information content (AvgIpc) is 3.11. The summed E-state index contributed by atoms with van der Waals surface area (Å²) in [5.74, 6) is 0.817. The van der Waals surface area contributed by atoms with Crippen molar-refractivity contribution in [1.29, 1.82) is 0 Å². The van der Waals surface area contributed by atoms with Crippen LogP contribution < -0.4 is 10.5 Å². The highest BCUT2D eigenvalue weighted by Crippen LogP contribution is 2.39. The van der Waals surface area contributed by atoms with Gasteiger partial charge < -0.3 is 10.5 Å². The van der Waals surface area contributed by atoms with Gasteiger partial charge in [0.1, 0.15) is 11.3 Å². The Labute approximate surface area is 163 Å². The molecule has 28 heavy (non-hydrogen) atoms. The van der Waals surface area contributed by atoms with Crippen LogP contribution in [0.5, 0.6) is 6.01 Å². The Morgan fingerprint density at radius 3 is 2.39 bits per heavy atom. The summed E-state index contributed by atoms with van der Waals surface area (Å²) in [4.78, 5) is 13.6. The van der Waals surface area contributed by atoms with Crippen molar-refractivity contribution in [3.05, 3.63) is 66.4 Å². The van der Waals surface area contributed by atoms with Crippen LogP contribution in [-0.4, -0.2) is 26.6 Å². The molecule has 1 fully saturated rings. The maximum absolute atomic E-state index is 6.49. The van der Waals surface area contributed by atoms with Crippen LogP contribution in [0.3, 0.4) is 0 Å². The Hall–Kier alpha value is -3.25. The van der Waals surface area contributed by atoms with Crippen LogP contribution in [0.2, 0.25) is 0 Å². The minimum absolute atomic E-state index is 0.177. The molecule has 2 heterocycles. The van der Waals surface area contributed by atoms with E-state index in [0.29, 0.717) is 11.7 Å². The zero-order chi connectivity index (χ0) is 19.1. The van der Waals surface area contributed by atoms with Crippen LogP contribution in [-0.2, 0) is 5.54 Å². The topological polar surface area (TPSA) is 78.9 Å². The molecule has 0 aliphatic heterocycles. The highest BCUT2D eigenvalue weighted by molar-refractivity contribution is 5.79. The van der Waals surface area contributed by atoms with Gasteiger partial charge in [0.05, 0.1) is 13.3 Å². The van der Waals surface area contributed by atoms with Crippen molar-refractivity contribution < 1.29 is 4.74 Å². The number of ether oxygens (including phenoxy) is 1. The predicted octanol–water partition coefficient (Wildman–Crippen LogP) is 3.83. The molecule has 1 aliphatic carbocycles. The quantitative estimate of drug-likeness (QED) is 0.590. The maximum atomic E-state index is 6.49. The number of methoxy groups -OCH3 is 1. The van der Waals surface area contributed by atoms with E-state index in [1.807, 2.05) is 34.9 Å². The first-order valence-electron chi connectivity index (χ1n) is 9.43. The Morgan fingerprint density at radius 2 is 1.75 bits per heavy atom. The Morgan fingerprint density at radius 1 is 1.00 bits per heavy atom. The Kier molecular flexibility index (Phi) is 3.87. The molecule has 0 atom stereocenters. The summed E-state index contributed by atoms with van der Waals surface area (Å²) >= 11 is 0. The summed E-state index contributed by atoms with van der Waals surface area (Å²) in [6, 6.07) is 18.8. The maximum Gasteiger partial charge on any atom is 0.318 e. The molecule has 2 N–H and O–H groups in total. The van der Waals surface area contributed by atoms with Gasteiger partial charge in [-0.2, -0.15) is 4.98 Å². The molecule has 5 rings (SSSR count). The van der Waals surface area contributed by atoms with Crippen molar-refractivity contribution in [3.63, 3.8) is 0 Å². The number of benzene rings is 2. The normalized spacial score (nSPS) is 15.4. The molecular weight excluding hydrogens is 350 g/mol. The lowest BCUT2D eigenvalue weighted by atomic mass is 9.73. The summed E-state index contributed by atoms with van der Waals surface area (Å²) in [6.45, 7) is 0. The third kappa shape index (κ3) is 2.65. The van der Waals surface area contributed by atoms with Crippen LogP contribution in [0.25, 0.3) is 28.2 Å².